The topological polar surface area (TPSA) is 12.0 Å². The quantitative estimate of drug-likeness (QED) is 0.780. The van der Waals surface area contributed by atoms with Crippen molar-refractivity contribution in [3.63, 3.8) is 0 Å². The van der Waals surface area contributed by atoms with Crippen molar-refractivity contribution in [1.82, 2.24) is 5.32 Å². The molecular weight excluding hydrogens is 230 g/mol. The Morgan fingerprint density at radius 1 is 0.947 bits per heavy atom. The number of benzene rings is 1. The van der Waals surface area contributed by atoms with Crippen LogP contribution in [0.4, 0.5) is 0 Å². The van der Waals surface area contributed by atoms with Crippen LogP contribution < -0.4 is 5.32 Å². The van der Waals surface area contributed by atoms with E-state index in [2.05, 4.69) is 78.0 Å². The molecule has 0 fully saturated rings. The van der Waals surface area contributed by atoms with Crippen molar-refractivity contribution < 1.29 is 0 Å². The molecule has 0 saturated heterocycles. The molecule has 0 saturated carbocycles. The fourth-order valence-corrected chi connectivity index (χ4v) is 2.57. The van der Waals surface area contributed by atoms with Gasteiger partial charge in [0.1, 0.15) is 0 Å². The molecule has 0 radical (unpaired) electrons. The molecular formula is C18H31N. The number of hydrogen-bond acceptors (Lipinski definition) is 1. The molecule has 19 heavy (non-hydrogen) atoms. The van der Waals surface area contributed by atoms with E-state index >= 15 is 0 Å². The molecule has 1 heteroatoms. The third-order valence-electron chi connectivity index (χ3n) is 3.64. The van der Waals surface area contributed by atoms with Crippen LogP contribution in [0, 0.1) is 5.92 Å². The van der Waals surface area contributed by atoms with Gasteiger partial charge in [-0.2, -0.15) is 0 Å². The molecule has 0 aromatic heterocycles. The first-order valence-electron chi connectivity index (χ1n) is 7.56. The van der Waals surface area contributed by atoms with E-state index in [1.807, 2.05) is 0 Å². The second-order valence-electron chi connectivity index (χ2n) is 7.29. The summed E-state index contributed by atoms with van der Waals surface area (Å²) in [5.74, 6) is 0.748. The SMILES string of the molecule is CC(C)CC(C)NC(C)c1ccc(C(C)(C)C)cc1. The molecule has 0 spiro atoms. The Hall–Kier alpha value is -0.820. The highest BCUT2D eigenvalue weighted by atomic mass is 14.9. The summed E-state index contributed by atoms with van der Waals surface area (Å²) >= 11 is 0. The Bertz CT molecular complexity index is 370. The van der Waals surface area contributed by atoms with Crippen LogP contribution in [-0.2, 0) is 5.41 Å². The van der Waals surface area contributed by atoms with Gasteiger partial charge < -0.3 is 5.32 Å². The molecule has 0 aliphatic carbocycles. The lowest BCUT2D eigenvalue weighted by atomic mass is 9.86. The smallest absolute Gasteiger partial charge is 0.0294 e. The van der Waals surface area contributed by atoms with Crippen molar-refractivity contribution in [2.45, 2.75) is 72.4 Å². The highest BCUT2D eigenvalue weighted by Crippen LogP contribution is 2.24. The van der Waals surface area contributed by atoms with Gasteiger partial charge in [0.2, 0.25) is 0 Å². The molecule has 108 valence electrons. The lowest BCUT2D eigenvalue weighted by Gasteiger charge is -2.23. The monoisotopic (exact) mass is 261 g/mol. The Labute approximate surface area is 119 Å². The van der Waals surface area contributed by atoms with Gasteiger partial charge in [0.05, 0.1) is 0 Å². The number of nitrogens with one attached hydrogen (secondary N) is 1. The summed E-state index contributed by atoms with van der Waals surface area (Å²) < 4.78 is 0. The van der Waals surface area contributed by atoms with E-state index in [9.17, 15) is 0 Å². The van der Waals surface area contributed by atoms with E-state index in [-0.39, 0.29) is 5.41 Å². The molecule has 2 atom stereocenters. The van der Waals surface area contributed by atoms with Crippen molar-refractivity contribution >= 4 is 0 Å². The van der Waals surface area contributed by atoms with E-state index in [0.29, 0.717) is 12.1 Å². The van der Waals surface area contributed by atoms with Crippen LogP contribution in [-0.4, -0.2) is 6.04 Å². The molecule has 0 aliphatic rings. The lowest BCUT2D eigenvalue weighted by molar-refractivity contribution is 0.406. The minimum atomic E-state index is 0.236. The van der Waals surface area contributed by atoms with Gasteiger partial charge >= 0.3 is 0 Å². The molecule has 0 amide bonds. The first kappa shape index (κ1) is 16.2. The Morgan fingerprint density at radius 2 is 1.47 bits per heavy atom. The zero-order valence-corrected chi connectivity index (χ0v) is 13.7. The third kappa shape index (κ3) is 5.36. The molecule has 0 heterocycles. The van der Waals surface area contributed by atoms with Gasteiger partial charge in [-0.3, -0.25) is 0 Å². The standard InChI is InChI=1S/C18H31N/c1-13(2)12-14(3)19-15(4)16-8-10-17(11-9-16)18(5,6)7/h8-11,13-15,19H,12H2,1-7H3. The van der Waals surface area contributed by atoms with Crippen molar-refractivity contribution in [2.75, 3.05) is 0 Å². The van der Waals surface area contributed by atoms with Gasteiger partial charge in [0, 0.05) is 12.1 Å². The van der Waals surface area contributed by atoms with Crippen LogP contribution in [0.3, 0.4) is 0 Å². The minimum Gasteiger partial charge on any atom is -0.308 e. The molecule has 0 aliphatic heterocycles. The fraction of sp³-hybridized carbons (Fsp3) is 0.667. The van der Waals surface area contributed by atoms with Gasteiger partial charge in [-0.1, -0.05) is 58.9 Å². The predicted octanol–water partition coefficient (Wildman–Crippen LogP) is 5.07. The van der Waals surface area contributed by atoms with E-state index in [1.54, 1.807) is 0 Å². The summed E-state index contributed by atoms with van der Waals surface area (Å²) in [6, 6.07) is 10.0. The summed E-state index contributed by atoms with van der Waals surface area (Å²) in [7, 11) is 0. The van der Waals surface area contributed by atoms with Gasteiger partial charge in [0.25, 0.3) is 0 Å². The van der Waals surface area contributed by atoms with Crippen LogP contribution >= 0.6 is 0 Å². The average molecular weight is 261 g/mol. The molecule has 1 nitrogen and oxygen atoms in total. The molecule has 0 bridgehead atoms. The van der Waals surface area contributed by atoms with Crippen molar-refractivity contribution in [1.29, 1.82) is 0 Å². The second-order valence-corrected chi connectivity index (χ2v) is 7.29. The molecule has 1 aromatic carbocycles. The first-order valence-corrected chi connectivity index (χ1v) is 7.56. The average Bonchev–Trinajstić information content (AvgIpc) is 2.26. The molecule has 1 N–H and O–H groups in total. The molecule has 1 aromatic rings. The van der Waals surface area contributed by atoms with E-state index in [0.717, 1.165) is 5.92 Å². The van der Waals surface area contributed by atoms with Gasteiger partial charge in [-0.15, -0.1) is 0 Å². The second kappa shape index (κ2) is 6.56. The van der Waals surface area contributed by atoms with Crippen LogP contribution in [0.1, 0.15) is 72.1 Å². The zero-order chi connectivity index (χ0) is 14.6. The van der Waals surface area contributed by atoms with Crippen LogP contribution in [0.15, 0.2) is 24.3 Å². The summed E-state index contributed by atoms with van der Waals surface area (Å²) in [5.41, 5.74) is 3.02. The van der Waals surface area contributed by atoms with Gasteiger partial charge in [-0.25, -0.2) is 0 Å². The maximum Gasteiger partial charge on any atom is 0.0294 e. The Kier molecular flexibility index (Phi) is 5.61. The Balaban J connectivity index is 2.65. The highest BCUT2D eigenvalue weighted by Gasteiger charge is 2.15. The summed E-state index contributed by atoms with van der Waals surface area (Å²) in [6.07, 6.45) is 1.23. The predicted molar refractivity (Wildman–Crippen MR) is 85.6 cm³/mol. The molecule has 2 unspecified atom stereocenters. The maximum atomic E-state index is 3.69. The normalized spacial score (nSPS) is 15.6. The van der Waals surface area contributed by atoms with Crippen molar-refractivity contribution in [3.05, 3.63) is 35.4 Å². The fourth-order valence-electron chi connectivity index (χ4n) is 2.57. The minimum absolute atomic E-state index is 0.236. The number of rotatable bonds is 5. The highest BCUT2D eigenvalue weighted by molar-refractivity contribution is 5.29. The zero-order valence-electron chi connectivity index (χ0n) is 13.7. The van der Waals surface area contributed by atoms with Gasteiger partial charge in [0.15, 0.2) is 0 Å². The first-order chi connectivity index (χ1) is 8.70. The largest absolute Gasteiger partial charge is 0.308 e. The maximum absolute atomic E-state index is 3.69. The van der Waals surface area contributed by atoms with E-state index in [1.165, 1.54) is 17.5 Å². The number of hydrogen-bond donors (Lipinski definition) is 1. The lowest BCUT2D eigenvalue weighted by Crippen LogP contribution is -2.30. The van der Waals surface area contributed by atoms with Gasteiger partial charge in [-0.05, 0) is 42.7 Å². The van der Waals surface area contributed by atoms with E-state index in [4.69, 9.17) is 0 Å². The Morgan fingerprint density at radius 3 is 1.89 bits per heavy atom. The third-order valence-corrected chi connectivity index (χ3v) is 3.64. The van der Waals surface area contributed by atoms with Crippen molar-refractivity contribution in [3.8, 4) is 0 Å². The summed E-state index contributed by atoms with van der Waals surface area (Å²) in [5, 5.41) is 3.69. The summed E-state index contributed by atoms with van der Waals surface area (Å²) in [4.78, 5) is 0. The van der Waals surface area contributed by atoms with E-state index < -0.39 is 0 Å². The van der Waals surface area contributed by atoms with Crippen LogP contribution in [0.5, 0.6) is 0 Å². The molecule has 1 rings (SSSR count). The van der Waals surface area contributed by atoms with Crippen LogP contribution in [0.25, 0.3) is 0 Å². The van der Waals surface area contributed by atoms with Crippen molar-refractivity contribution in [2.24, 2.45) is 5.92 Å². The van der Waals surface area contributed by atoms with Crippen LogP contribution in [0.2, 0.25) is 0 Å². The summed E-state index contributed by atoms with van der Waals surface area (Å²) in [6.45, 7) is 15.9.